The van der Waals surface area contributed by atoms with Gasteiger partial charge in [0.1, 0.15) is 5.82 Å². The minimum absolute atomic E-state index is 0. The lowest BCUT2D eigenvalue weighted by molar-refractivity contribution is -0.137. The van der Waals surface area contributed by atoms with Gasteiger partial charge in [-0.2, -0.15) is 13.2 Å². The molecule has 0 aromatic heterocycles. The second-order valence-electron chi connectivity index (χ2n) is 4.09. The number of carbonyl (C=O) groups excluding carboxylic acids is 1. The van der Waals surface area contributed by atoms with E-state index in [0.29, 0.717) is 18.2 Å². The van der Waals surface area contributed by atoms with Crippen molar-refractivity contribution in [3.63, 3.8) is 0 Å². The van der Waals surface area contributed by atoms with Crippen LogP contribution in [0, 0.1) is 5.82 Å². The van der Waals surface area contributed by atoms with Gasteiger partial charge in [0.2, 0.25) is 0 Å². The summed E-state index contributed by atoms with van der Waals surface area (Å²) in [7, 11) is 1.67. The summed E-state index contributed by atoms with van der Waals surface area (Å²) >= 11 is 0. The standard InChI is InChI=1S/C12H14F4N2O.ClH/c1-7(17-2)6-18-11(19)9-5-8(12(14,15)16)3-4-10(9)13;/h3-5,7,17H,6H2,1-2H3,(H,18,19);1H. The van der Waals surface area contributed by atoms with Crippen LogP contribution in [-0.2, 0) is 6.18 Å². The molecule has 3 nitrogen and oxygen atoms in total. The van der Waals surface area contributed by atoms with Gasteiger partial charge in [-0.25, -0.2) is 4.39 Å². The largest absolute Gasteiger partial charge is 0.416 e. The molecular formula is C12H15ClF4N2O. The Labute approximate surface area is 120 Å². The van der Waals surface area contributed by atoms with Crippen molar-refractivity contribution < 1.29 is 22.4 Å². The average molecular weight is 315 g/mol. The van der Waals surface area contributed by atoms with Crippen molar-refractivity contribution in [1.29, 1.82) is 0 Å². The quantitative estimate of drug-likeness (QED) is 0.839. The van der Waals surface area contributed by atoms with Crippen LogP contribution >= 0.6 is 12.4 Å². The lowest BCUT2D eigenvalue weighted by Crippen LogP contribution is -2.37. The Bertz CT molecular complexity index is 465. The third-order valence-corrected chi connectivity index (χ3v) is 2.60. The summed E-state index contributed by atoms with van der Waals surface area (Å²) in [6.45, 7) is 1.95. The Morgan fingerprint density at radius 2 is 1.95 bits per heavy atom. The number of hydrogen-bond donors (Lipinski definition) is 2. The Kier molecular flexibility index (Phi) is 6.95. The fraction of sp³-hybridized carbons (Fsp3) is 0.417. The van der Waals surface area contributed by atoms with Crippen LogP contribution in [0.15, 0.2) is 18.2 Å². The Morgan fingerprint density at radius 1 is 1.35 bits per heavy atom. The fourth-order valence-corrected chi connectivity index (χ4v) is 1.32. The summed E-state index contributed by atoms with van der Waals surface area (Å²) in [6, 6.07) is 1.67. The van der Waals surface area contributed by atoms with Gasteiger partial charge in [0.25, 0.3) is 5.91 Å². The summed E-state index contributed by atoms with van der Waals surface area (Å²) in [5.74, 6) is -1.85. The molecule has 0 saturated heterocycles. The van der Waals surface area contributed by atoms with Gasteiger partial charge in [0.05, 0.1) is 11.1 Å². The molecular weight excluding hydrogens is 300 g/mol. The summed E-state index contributed by atoms with van der Waals surface area (Å²) in [4.78, 5) is 11.6. The van der Waals surface area contributed by atoms with E-state index in [-0.39, 0.29) is 25.0 Å². The molecule has 0 heterocycles. The molecule has 0 saturated carbocycles. The lowest BCUT2D eigenvalue weighted by Gasteiger charge is -2.13. The van der Waals surface area contributed by atoms with Gasteiger partial charge in [-0.1, -0.05) is 0 Å². The number of halogens is 5. The Morgan fingerprint density at radius 3 is 2.45 bits per heavy atom. The van der Waals surface area contributed by atoms with E-state index in [1.54, 1.807) is 14.0 Å². The number of carbonyl (C=O) groups is 1. The lowest BCUT2D eigenvalue weighted by atomic mass is 10.1. The SMILES string of the molecule is CNC(C)CNC(=O)c1cc(C(F)(F)F)ccc1F.Cl. The zero-order chi connectivity index (χ0) is 14.6. The van der Waals surface area contributed by atoms with Crippen LogP contribution in [0.2, 0.25) is 0 Å². The summed E-state index contributed by atoms with van der Waals surface area (Å²) < 4.78 is 50.8. The molecule has 1 atom stereocenters. The van der Waals surface area contributed by atoms with Crippen molar-refractivity contribution in [3.05, 3.63) is 35.1 Å². The zero-order valence-corrected chi connectivity index (χ0v) is 11.7. The highest BCUT2D eigenvalue weighted by atomic mass is 35.5. The molecule has 0 radical (unpaired) electrons. The highest BCUT2D eigenvalue weighted by Crippen LogP contribution is 2.30. The number of rotatable bonds is 4. The van der Waals surface area contributed by atoms with Crippen molar-refractivity contribution in [2.24, 2.45) is 0 Å². The molecule has 8 heteroatoms. The smallest absolute Gasteiger partial charge is 0.350 e. The Balaban J connectivity index is 0.00000361. The third-order valence-electron chi connectivity index (χ3n) is 2.60. The molecule has 0 aliphatic rings. The zero-order valence-electron chi connectivity index (χ0n) is 10.8. The van der Waals surface area contributed by atoms with Gasteiger partial charge in [-0.15, -0.1) is 12.4 Å². The van der Waals surface area contributed by atoms with Crippen molar-refractivity contribution in [2.75, 3.05) is 13.6 Å². The van der Waals surface area contributed by atoms with Gasteiger partial charge in [-0.05, 0) is 32.2 Å². The molecule has 0 fully saturated rings. The summed E-state index contributed by atoms with van der Waals surface area (Å²) in [5, 5.41) is 5.19. The predicted molar refractivity (Wildman–Crippen MR) is 69.5 cm³/mol. The predicted octanol–water partition coefficient (Wildman–Crippen LogP) is 2.60. The number of likely N-dealkylation sites (N-methyl/N-ethyl adjacent to an activating group) is 1. The number of amides is 1. The fourth-order valence-electron chi connectivity index (χ4n) is 1.32. The van der Waals surface area contributed by atoms with Crippen LogP contribution in [0.3, 0.4) is 0 Å². The van der Waals surface area contributed by atoms with Crippen LogP contribution in [0.25, 0.3) is 0 Å². The highest BCUT2D eigenvalue weighted by Gasteiger charge is 2.31. The van der Waals surface area contributed by atoms with Crippen molar-refractivity contribution >= 4 is 18.3 Å². The van der Waals surface area contributed by atoms with E-state index in [9.17, 15) is 22.4 Å². The van der Waals surface area contributed by atoms with E-state index in [4.69, 9.17) is 0 Å². The van der Waals surface area contributed by atoms with Crippen LogP contribution in [0.5, 0.6) is 0 Å². The van der Waals surface area contributed by atoms with Gasteiger partial charge in [-0.3, -0.25) is 4.79 Å². The van der Waals surface area contributed by atoms with Crippen molar-refractivity contribution in [3.8, 4) is 0 Å². The van der Waals surface area contributed by atoms with E-state index in [2.05, 4.69) is 10.6 Å². The highest BCUT2D eigenvalue weighted by molar-refractivity contribution is 5.94. The molecule has 1 unspecified atom stereocenters. The second kappa shape index (κ2) is 7.44. The van der Waals surface area contributed by atoms with E-state index < -0.39 is 29.0 Å². The molecule has 1 aromatic rings. The molecule has 0 bridgehead atoms. The van der Waals surface area contributed by atoms with Crippen LogP contribution in [0.1, 0.15) is 22.8 Å². The molecule has 114 valence electrons. The number of nitrogens with one attached hydrogen (secondary N) is 2. The van der Waals surface area contributed by atoms with Crippen LogP contribution < -0.4 is 10.6 Å². The van der Waals surface area contributed by atoms with Gasteiger partial charge < -0.3 is 10.6 Å². The number of benzene rings is 1. The first-order valence-electron chi connectivity index (χ1n) is 5.58. The van der Waals surface area contributed by atoms with Gasteiger partial charge in [0.15, 0.2) is 0 Å². The first kappa shape index (κ1) is 18.7. The second-order valence-corrected chi connectivity index (χ2v) is 4.09. The van der Waals surface area contributed by atoms with E-state index in [0.717, 1.165) is 0 Å². The molecule has 20 heavy (non-hydrogen) atoms. The molecule has 2 N–H and O–H groups in total. The first-order chi connectivity index (χ1) is 8.75. The maximum Gasteiger partial charge on any atom is 0.416 e. The molecule has 0 aliphatic carbocycles. The van der Waals surface area contributed by atoms with Crippen molar-refractivity contribution in [2.45, 2.75) is 19.1 Å². The first-order valence-corrected chi connectivity index (χ1v) is 5.58. The van der Waals surface area contributed by atoms with Crippen LogP contribution in [0.4, 0.5) is 17.6 Å². The molecule has 1 aromatic carbocycles. The molecule has 0 spiro atoms. The topological polar surface area (TPSA) is 41.1 Å². The molecule has 1 rings (SSSR count). The number of alkyl halides is 3. The summed E-state index contributed by atoms with van der Waals surface area (Å²) in [5.41, 5.74) is -1.67. The Hall–Kier alpha value is -1.34. The van der Waals surface area contributed by atoms with E-state index >= 15 is 0 Å². The minimum Gasteiger partial charge on any atom is -0.350 e. The minimum atomic E-state index is -4.61. The summed E-state index contributed by atoms with van der Waals surface area (Å²) in [6.07, 6.45) is -4.61. The monoisotopic (exact) mass is 314 g/mol. The maximum atomic E-state index is 13.4. The van der Waals surface area contributed by atoms with E-state index in [1.165, 1.54) is 0 Å². The number of hydrogen-bond acceptors (Lipinski definition) is 2. The molecule has 1 amide bonds. The van der Waals surface area contributed by atoms with Crippen LogP contribution in [-0.4, -0.2) is 25.5 Å². The van der Waals surface area contributed by atoms with Crippen molar-refractivity contribution in [1.82, 2.24) is 10.6 Å². The van der Waals surface area contributed by atoms with Gasteiger partial charge >= 0.3 is 6.18 Å². The normalized spacial score (nSPS) is 12.5. The maximum absolute atomic E-state index is 13.4. The third kappa shape index (κ3) is 4.97. The van der Waals surface area contributed by atoms with Gasteiger partial charge in [0, 0.05) is 12.6 Å². The van der Waals surface area contributed by atoms with E-state index in [1.807, 2.05) is 0 Å². The molecule has 0 aliphatic heterocycles. The average Bonchev–Trinajstić information content (AvgIpc) is 2.34.